The van der Waals surface area contributed by atoms with Gasteiger partial charge in [0.15, 0.2) is 11.5 Å². The lowest BCUT2D eigenvalue weighted by Gasteiger charge is -2.10. The first-order chi connectivity index (χ1) is 10.0. The molecule has 114 valence electrons. The molecule has 1 aromatic carbocycles. The van der Waals surface area contributed by atoms with Crippen molar-refractivity contribution in [2.45, 2.75) is 6.42 Å². The molecule has 0 spiro atoms. The van der Waals surface area contributed by atoms with Gasteiger partial charge in [-0.1, -0.05) is 0 Å². The molecule has 0 saturated heterocycles. The second kappa shape index (κ2) is 7.73. The Morgan fingerprint density at radius 3 is 2.24 bits per heavy atom. The summed E-state index contributed by atoms with van der Waals surface area (Å²) < 4.78 is 14.4. The number of amides is 2. The molecule has 1 rings (SSSR count). The van der Waals surface area contributed by atoms with Crippen molar-refractivity contribution >= 4 is 17.8 Å². The summed E-state index contributed by atoms with van der Waals surface area (Å²) in [6.07, 6.45) is -0.483. The lowest BCUT2D eigenvalue weighted by molar-refractivity contribution is -0.144. The third-order valence-electron chi connectivity index (χ3n) is 2.49. The maximum absolute atomic E-state index is 11.8. The molecule has 0 bridgehead atoms. The van der Waals surface area contributed by atoms with E-state index in [0.717, 1.165) is 7.11 Å². The summed E-state index contributed by atoms with van der Waals surface area (Å²) in [5, 5.41) is 0. The van der Waals surface area contributed by atoms with Gasteiger partial charge in [0.05, 0.1) is 21.3 Å². The summed E-state index contributed by atoms with van der Waals surface area (Å²) in [7, 11) is 4.08. The number of hydrazine groups is 1. The Kier molecular flexibility index (Phi) is 5.99. The molecule has 1 aromatic rings. The van der Waals surface area contributed by atoms with Gasteiger partial charge in [-0.3, -0.25) is 25.2 Å². The highest BCUT2D eigenvalue weighted by atomic mass is 16.5. The Hall–Kier alpha value is -2.77. The summed E-state index contributed by atoms with van der Waals surface area (Å²) in [6.45, 7) is 0. The van der Waals surface area contributed by atoms with Crippen molar-refractivity contribution in [3.63, 3.8) is 0 Å². The van der Waals surface area contributed by atoms with Gasteiger partial charge in [-0.05, 0) is 18.2 Å². The number of methoxy groups -OCH3 is 3. The van der Waals surface area contributed by atoms with Crippen molar-refractivity contribution in [3.8, 4) is 11.5 Å². The highest BCUT2D eigenvalue weighted by Crippen LogP contribution is 2.27. The van der Waals surface area contributed by atoms with Crippen LogP contribution in [-0.4, -0.2) is 39.1 Å². The summed E-state index contributed by atoms with van der Waals surface area (Å²) >= 11 is 0. The lowest BCUT2D eigenvalue weighted by atomic mass is 10.2. The number of nitrogens with one attached hydrogen (secondary N) is 2. The smallest absolute Gasteiger partial charge is 0.315 e. The highest BCUT2D eigenvalue weighted by molar-refractivity contribution is 5.98. The van der Waals surface area contributed by atoms with Crippen LogP contribution in [-0.2, 0) is 14.3 Å². The molecule has 8 nitrogen and oxygen atoms in total. The van der Waals surface area contributed by atoms with Crippen LogP contribution in [0.5, 0.6) is 11.5 Å². The molecule has 0 fully saturated rings. The molecule has 0 aliphatic heterocycles. The molecule has 21 heavy (non-hydrogen) atoms. The first-order valence-corrected chi connectivity index (χ1v) is 5.89. The standard InChI is InChI=1S/C13H16N2O6/c1-19-9-5-4-8(6-10(9)20-2)13(18)15-14-11(16)7-12(17)21-3/h4-6H,7H2,1-3H3,(H,14,16)(H,15,18). The fourth-order valence-corrected chi connectivity index (χ4v) is 1.42. The maximum atomic E-state index is 11.8. The fraction of sp³-hybridized carbons (Fsp3) is 0.308. The summed E-state index contributed by atoms with van der Waals surface area (Å²) in [6, 6.07) is 4.52. The third-order valence-corrected chi connectivity index (χ3v) is 2.49. The van der Waals surface area contributed by atoms with Gasteiger partial charge in [0.2, 0.25) is 5.91 Å². The predicted molar refractivity (Wildman–Crippen MR) is 71.8 cm³/mol. The molecule has 0 heterocycles. The van der Waals surface area contributed by atoms with E-state index in [2.05, 4.69) is 15.6 Å². The van der Waals surface area contributed by atoms with Crippen LogP contribution < -0.4 is 20.3 Å². The first-order valence-electron chi connectivity index (χ1n) is 5.89. The van der Waals surface area contributed by atoms with Gasteiger partial charge in [-0.15, -0.1) is 0 Å². The minimum Gasteiger partial charge on any atom is -0.493 e. The van der Waals surface area contributed by atoms with Crippen LogP contribution in [0.2, 0.25) is 0 Å². The Morgan fingerprint density at radius 1 is 1.00 bits per heavy atom. The van der Waals surface area contributed by atoms with Gasteiger partial charge in [0, 0.05) is 5.56 Å². The average Bonchev–Trinajstić information content (AvgIpc) is 2.51. The number of esters is 1. The Bertz CT molecular complexity index is 543. The molecule has 0 aliphatic rings. The van der Waals surface area contributed by atoms with Gasteiger partial charge in [-0.25, -0.2) is 0 Å². The van der Waals surface area contributed by atoms with E-state index in [1.807, 2.05) is 0 Å². The van der Waals surface area contributed by atoms with E-state index in [9.17, 15) is 14.4 Å². The molecule has 0 radical (unpaired) electrons. The zero-order valence-electron chi connectivity index (χ0n) is 11.9. The quantitative estimate of drug-likeness (QED) is 0.451. The maximum Gasteiger partial charge on any atom is 0.315 e. The molecule has 0 unspecified atom stereocenters. The van der Waals surface area contributed by atoms with Gasteiger partial charge in [0.1, 0.15) is 6.42 Å². The van der Waals surface area contributed by atoms with Gasteiger partial charge >= 0.3 is 5.97 Å². The number of carbonyl (C=O) groups is 3. The van der Waals surface area contributed by atoms with Crippen LogP contribution in [0, 0.1) is 0 Å². The monoisotopic (exact) mass is 296 g/mol. The molecule has 0 aliphatic carbocycles. The van der Waals surface area contributed by atoms with Crippen molar-refractivity contribution in [1.29, 1.82) is 0 Å². The third kappa shape index (κ3) is 4.68. The summed E-state index contributed by atoms with van der Waals surface area (Å²) in [4.78, 5) is 34.0. The first kappa shape index (κ1) is 16.3. The van der Waals surface area contributed by atoms with E-state index in [0.29, 0.717) is 11.5 Å². The SMILES string of the molecule is COC(=O)CC(=O)NNC(=O)c1ccc(OC)c(OC)c1. The molecule has 8 heteroatoms. The van der Waals surface area contributed by atoms with Crippen molar-refractivity contribution in [2.24, 2.45) is 0 Å². The van der Waals surface area contributed by atoms with Crippen LogP contribution in [0.1, 0.15) is 16.8 Å². The number of hydrogen-bond acceptors (Lipinski definition) is 6. The van der Waals surface area contributed by atoms with E-state index < -0.39 is 24.2 Å². The van der Waals surface area contributed by atoms with Crippen LogP contribution in [0.15, 0.2) is 18.2 Å². The lowest BCUT2D eigenvalue weighted by Crippen LogP contribution is -2.42. The molecular formula is C13H16N2O6. The van der Waals surface area contributed by atoms with Gasteiger partial charge < -0.3 is 14.2 Å². The Morgan fingerprint density at radius 2 is 1.67 bits per heavy atom. The number of rotatable bonds is 5. The van der Waals surface area contributed by atoms with Crippen LogP contribution in [0.3, 0.4) is 0 Å². The molecular weight excluding hydrogens is 280 g/mol. The van der Waals surface area contributed by atoms with Crippen molar-refractivity contribution in [3.05, 3.63) is 23.8 Å². The van der Waals surface area contributed by atoms with Crippen LogP contribution in [0.4, 0.5) is 0 Å². The predicted octanol–water partition coefficient (Wildman–Crippen LogP) is 0.0279. The average molecular weight is 296 g/mol. The summed E-state index contributed by atoms with van der Waals surface area (Å²) in [5.74, 6) is -1.09. The minimum atomic E-state index is -0.701. The van der Waals surface area contributed by atoms with Gasteiger partial charge in [-0.2, -0.15) is 0 Å². The number of hydrogen-bond donors (Lipinski definition) is 2. The van der Waals surface area contributed by atoms with E-state index in [1.54, 1.807) is 6.07 Å². The minimum absolute atomic E-state index is 0.256. The Balaban J connectivity index is 2.64. The second-order valence-corrected chi connectivity index (χ2v) is 3.82. The molecule has 0 atom stereocenters. The van der Waals surface area contributed by atoms with Crippen molar-refractivity contribution < 1.29 is 28.6 Å². The van der Waals surface area contributed by atoms with E-state index >= 15 is 0 Å². The topological polar surface area (TPSA) is 103 Å². The van der Waals surface area contributed by atoms with E-state index in [4.69, 9.17) is 9.47 Å². The molecule has 2 amide bonds. The number of carbonyl (C=O) groups excluding carboxylic acids is 3. The second-order valence-electron chi connectivity index (χ2n) is 3.82. The number of benzene rings is 1. The van der Waals surface area contributed by atoms with E-state index in [-0.39, 0.29) is 5.56 Å². The Labute approximate surface area is 121 Å². The van der Waals surface area contributed by atoms with E-state index in [1.165, 1.54) is 26.4 Å². The zero-order valence-corrected chi connectivity index (χ0v) is 11.9. The molecule has 0 aromatic heterocycles. The fourth-order valence-electron chi connectivity index (χ4n) is 1.42. The normalized spacial score (nSPS) is 9.48. The van der Waals surface area contributed by atoms with Crippen molar-refractivity contribution in [2.75, 3.05) is 21.3 Å². The highest BCUT2D eigenvalue weighted by Gasteiger charge is 2.13. The van der Waals surface area contributed by atoms with Crippen LogP contribution in [0.25, 0.3) is 0 Å². The summed E-state index contributed by atoms with van der Waals surface area (Å²) in [5.41, 5.74) is 4.53. The number of ether oxygens (including phenoxy) is 3. The molecule has 0 saturated carbocycles. The zero-order chi connectivity index (χ0) is 15.8. The molecule has 2 N–H and O–H groups in total. The van der Waals surface area contributed by atoms with Gasteiger partial charge in [0.25, 0.3) is 5.91 Å². The van der Waals surface area contributed by atoms with Crippen molar-refractivity contribution in [1.82, 2.24) is 10.9 Å². The largest absolute Gasteiger partial charge is 0.493 e. The van der Waals surface area contributed by atoms with Crippen LogP contribution >= 0.6 is 0 Å².